The molecular formula is C15H16BrNO3. The summed E-state index contributed by atoms with van der Waals surface area (Å²) in [5, 5.41) is 9.24. The molecule has 1 unspecified atom stereocenters. The van der Waals surface area contributed by atoms with E-state index in [4.69, 9.17) is 4.42 Å². The fourth-order valence-corrected chi connectivity index (χ4v) is 2.49. The molecule has 0 radical (unpaired) electrons. The minimum absolute atomic E-state index is 0.0201. The van der Waals surface area contributed by atoms with Gasteiger partial charge >= 0.3 is 0 Å². The molecule has 2 aromatic rings. The monoisotopic (exact) mass is 337 g/mol. The van der Waals surface area contributed by atoms with Gasteiger partial charge in [-0.1, -0.05) is 30.3 Å². The molecule has 20 heavy (non-hydrogen) atoms. The van der Waals surface area contributed by atoms with Crippen LogP contribution in [0.1, 0.15) is 28.4 Å². The van der Waals surface area contributed by atoms with Gasteiger partial charge in [0.15, 0.2) is 4.67 Å². The Morgan fingerprint density at radius 3 is 2.65 bits per heavy atom. The second kappa shape index (κ2) is 6.72. The third kappa shape index (κ3) is 3.29. The molecule has 5 heteroatoms. The molecule has 1 aromatic heterocycles. The van der Waals surface area contributed by atoms with Gasteiger partial charge in [0.1, 0.15) is 6.26 Å². The minimum atomic E-state index is -0.164. The molecule has 1 atom stereocenters. The molecule has 0 aliphatic carbocycles. The predicted octanol–water partition coefficient (Wildman–Crippen LogP) is 3.24. The van der Waals surface area contributed by atoms with E-state index in [-0.39, 0.29) is 18.6 Å². The van der Waals surface area contributed by atoms with E-state index < -0.39 is 0 Å². The molecule has 0 spiro atoms. The van der Waals surface area contributed by atoms with Gasteiger partial charge in [-0.05, 0) is 27.9 Å². The summed E-state index contributed by atoms with van der Waals surface area (Å²) in [6, 6.07) is 11.2. The second-order valence-corrected chi connectivity index (χ2v) is 5.28. The number of hydrogen-bond donors (Lipinski definition) is 1. The maximum Gasteiger partial charge on any atom is 0.257 e. The van der Waals surface area contributed by atoms with Gasteiger partial charge in [0.25, 0.3) is 5.91 Å². The fourth-order valence-electron chi connectivity index (χ4n) is 2.15. The van der Waals surface area contributed by atoms with Gasteiger partial charge in [0, 0.05) is 19.7 Å². The molecular weight excluding hydrogens is 322 g/mol. The zero-order chi connectivity index (χ0) is 14.5. The fraction of sp³-hybridized carbons (Fsp3) is 0.267. The number of aliphatic hydroxyl groups excluding tert-OH is 1. The highest BCUT2D eigenvalue weighted by molar-refractivity contribution is 9.10. The van der Waals surface area contributed by atoms with E-state index in [1.807, 2.05) is 30.3 Å². The first-order valence-electron chi connectivity index (χ1n) is 6.30. The average molecular weight is 338 g/mol. The number of halogens is 1. The van der Waals surface area contributed by atoms with Crippen LogP contribution >= 0.6 is 15.9 Å². The summed E-state index contributed by atoms with van der Waals surface area (Å²) in [4.78, 5) is 14.0. The van der Waals surface area contributed by atoms with Gasteiger partial charge in [-0.25, -0.2) is 0 Å². The van der Waals surface area contributed by atoms with Crippen molar-refractivity contribution < 1.29 is 14.3 Å². The molecule has 106 valence electrons. The van der Waals surface area contributed by atoms with Crippen LogP contribution in [0, 0.1) is 0 Å². The third-order valence-electron chi connectivity index (χ3n) is 3.19. The largest absolute Gasteiger partial charge is 0.457 e. The number of furan rings is 1. The lowest BCUT2D eigenvalue weighted by molar-refractivity contribution is 0.0704. The van der Waals surface area contributed by atoms with Crippen molar-refractivity contribution >= 4 is 21.8 Å². The van der Waals surface area contributed by atoms with Crippen LogP contribution in [0.5, 0.6) is 0 Å². The number of rotatable bonds is 5. The summed E-state index contributed by atoms with van der Waals surface area (Å²) in [5.41, 5.74) is 1.48. The van der Waals surface area contributed by atoms with Gasteiger partial charge in [-0.3, -0.25) is 4.79 Å². The topological polar surface area (TPSA) is 53.7 Å². The van der Waals surface area contributed by atoms with Gasteiger partial charge in [-0.15, -0.1) is 0 Å². The van der Waals surface area contributed by atoms with E-state index in [2.05, 4.69) is 15.9 Å². The minimum Gasteiger partial charge on any atom is -0.457 e. The molecule has 0 aliphatic rings. The smallest absolute Gasteiger partial charge is 0.257 e. The van der Waals surface area contributed by atoms with Crippen molar-refractivity contribution in [3.8, 4) is 0 Å². The Bertz CT molecular complexity index is 568. The zero-order valence-electron chi connectivity index (χ0n) is 11.1. The number of carbonyl (C=O) groups is 1. The van der Waals surface area contributed by atoms with Crippen molar-refractivity contribution in [2.75, 3.05) is 13.7 Å². The number of aliphatic hydroxyl groups is 1. The molecule has 2 rings (SSSR count). The van der Waals surface area contributed by atoms with Crippen LogP contribution in [0.2, 0.25) is 0 Å². The number of carbonyl (C=O) groups excluding carboxylic acids is 1. The van der Waals surface area contributed by atoms with Gasteiger partial charge in [0.2, 0.25) is 0 Å². The lowest BCUT2D eigenvalue weighted by Crippen LogP contribution is -2.31. The summed E-state index contributed by atoms with van der Waals surface area (Å²) in [6.07, 6.45) is 1.91. The Labute approximate surface area is 126 Å². The first-order valence-corrected chi connectivity index (χ1v) is 7.09. The first-order chi connectivity index (χ1) is 9.63. The normalized spacial score (nSPS) is 12.2. The van der Waals surface area contributed by atoms with Crippen LogP contribution in [0.15, 0.2) is 51.7 Å². The van der Waals surface area contributed by atoms with E-state index in [0.29, 0.717) is 16.7 Å². The molecule has 1 N–H and O–H groups in total. The van der Waals surface area contributed by atoms with Crippen LogP contribution in [0.3, 0.4) is 0 Å². The summed E-state index contributed by atoms with van der Waals surface area (Å²) in [7, 11) is 1.73. The molecule has 4 nitrogen and oxygen atoms in total. The van der Waals surface area contributed by atoms with Gasteiger partial charge in [0.05, 0.1) is 11.6 Å². The Kier molecular flexibility index (Phi) is 4.98. The molecule has 1 heterocycles. The highest BCUT2D eigenvalue weighted by atomic mass is 79.9. The van der Waals surface area contributed by atoms with Crippen molar-refractivity contribution in [3.63, 3.8) is 0 Å². The summed E-state index contributed by atoms with van der Waals surface area (Å²) >= 11 is 3.18. The lowest BCUT2D eigenvalue weighted by atomic mass is 10.0. The molecule has 1 aromatic carbocycles. The SMILES string of the molecule is CN(C(=O)c1coc(Br)c1)C(CCO)c1ccccc1. The summed E-state index contributed by atoms with van der Waals surface area (Å²) in [6.45, 7) is 0.0201. The molecule has 0 saturated heterocycles. The van der Waals surface area contributed by atoms with Gasteiger partial charge in [-0.2, -0.15) is 0 Å². The maximum atomic E-state index is 12.4. The third-order valence-corrected chi connectivity index (χ3v) is 3.60. The second-order valence-electron chi connectivity index (χ2n) is 4.49. The van der Waals surface area contributed by atoms with E-state index in [1.54, 1.807) is 18.0 Å². The molecule has 0 saturated carbocycles. The lowest BCUT2D eigenvalue weighted by Gasteiger charge is -2.28. The molecule has 0 bridgehead atoms. The standard InChI is InChI=1S/C15H16BrNO3/c1-17(15(19)12-9-14(16)20-10-12)13(7-8-18)11-5-3-2-4-6-11/h2-6,9-10,13,18H,7-8H2,1H3. The number of hydrogen-bond acceptors (Lipinski definition) is 3. The first kappa shape index (κ1) is 14.8. The predicted molar refractivity (Wildman–Crippen MR) is 79.4 cm³/mol. The Morgan fingerprint density at radius 2 is 2.10 bits per heavy atom. The van der Waals surface area contributed by atoms with Crippen LogP contribution in [0.25, 0.3) is 0 Å². The Hall–Kier alpha value is -1.59. The van der Waals surface area contributed by atoms with Crippen molar-refractivity contribution in [1.82, 2.24) is 4.90 Å². The van der Waals surface area contributed by atoms with Crippen LogP contribution in [-0.4, -0.2) is 29.6 Å². The van der Waals surface area contributed by atoms with Crippen LogP contribution < -0.4 is 0 Å². The Balaban J connectivity index is 2.23. The van der Waals surface area contributed by atoms with Gasteiger partial charge < -0.3 is 14.4 Å². The van der Waals surface area contributed by atoms with Crippen LogP contribution in [0.4, 0.5) is 0 Å². The number of amides is 1. The van der Waals surface area contributed by atoms with E-state index in [9.17, 15) is 9.90 Å². The molecule has 1 amide bonds. The van der Waals surface area contributed by atoms with E-state index >= 15 is 0 Å². The van der Waals surface area contributed by atoms with Crippen molar-refractivity contribution in [2.24, 2.45) is 0 Å². The van der Waals surface area contributed by atoms with E-state index in [0.717, 1.165) is 5.56 Å². The quantitative estimate of drug-likeness (QED) is 0.911. The highest BCUT2D eigenvalue weighted by Crippen LogP contribution is 2.25. The molecule has 0 fully saturated rings. The number of benzene rings is 1. The maximum absolute atomic E-state index is 12.4. The Morgan fingerprint density at radius 1 is 1.40 bits per heavy atom. The van der Waals surface area contributed by atoms with E-state index in [1.165, 1.54) is 6.26 Å². The summed E-state index contributed by atoms with van der Waals surface area (Å²) in [5.74, 6) is -0.137. The number of nitrogens with zero attached hydrogens (tertiary/aromatic N) is 1. The van der Waals surface area contributed by atoms with Crippen LogP contribution in [-0.2, 0) is 0 Å². The van der Waals surface area contributed by atoms with Crippen molar-refractivity contribution in [1.29, 1.82) is 0 Å². The highest BCUT2D eigenvalue weighted by Gasteiger charge is 2.23. The van der Waals surface area contributed by atoms with Crippen molar-refractivity contribution in [3.05, 3.63) is 58.5 Å². The van der Waals surface area contributed by atoms with Crippen molar-refractivity contribution in [2.45, 2.75) is 12.5 Å². The average Bonchev–Trinajstić information content (AvgIpc) is 2.91. The summed E-state index contributed by atoms with van der Waals surface area (Å²) < 4.78 is 5.62. The zero-order valence-corrected chi connectivity index (χ0v) is 12.7. The molecule has 0 aliphatic heterocycles.